The fourth-order valence-electron chi connectivity index (χ4n) is 3.68. The van der Waals surface area contributed by atoms with Gasteiger partial charge in [-0.15, -0.1) is 22.9 Å². The summed E-state index contributed by atoms with van der Waals surface area (Å²) in [5, 5.41) is 3.72. The Balaban J connectivity index is 1.50. The Hall–Kier alpha value is -2.83. The minimum Gasteiger partial charge on any atom is -0.489 e. The molecule has 33 heavy (non-hydrogen) atoms. The molecule has 0 fully saturated rings. The van der Waals surface area contributed by atoms with Crippen molar-refractivity contribution in [1.29, 1.82) is 0 Å². The van der Waals surface area contributed by atoms with E-state index < -0.39 is 0 Å². The maximum atomic E-state index is 12.1. The molecule has 0 N–H and O–H groups in total. The van der Waals surface area contributed by atoms with E-state index in [1.54, 1.807) is 6.92 Å². The number of carbonyl (C=O) groups excluding carboxylic acids is 1. The Morgan fingerprint density at radius 1 is 1.15 bits per heavy atom. The summed E-state index contributed by atoms with van der Waals surface area (Å²) in [6.45, 7) is 8.58. The standard InChI is InChI=1S/C26H27ClN2O3S/c1-17(30)29(26(2,3)4)14-21-16-33-25(28-21)24-12-20-11-22(9-10-23(20)32-24)31-15-19-8-6-5-7-18(19)13-27/h5-12,16H,13-15H2,1-4H3. The third kappa shape index (κ3) is 5.40. The van der Waals surface area contributed by atoms with Gasteiger partial charge in [0.1, 0.15) is 17.9 Å². The molecule has 0 spiro atoms. The first kappa shape index (κ1) is 23.3. The maximum Gasteiger partial charge on any atom is 0.220 e. The molecule has 5 nitrogen and oxygen atoms in total. The van der Waals surface area contributed by atoms with Crippen molar-refractivity contribution in [3.05, 3.63) is 70.7 Å². The summed E-state index contributed by atoms with van der Waals surface area (Å²) in [6, 6.07) is 15.8. The second-order valence-corrected chi connectivity index (χ2v) is 10.0. The lowest BCUT2D eigenvalue weighted by Crippen LogP contribution is -2.43. The van der Waals surface area contributed by atoms with E-state index in [0.29, 0.717) is 24.8 Å². The molecule has 0 bridgehead atoms. The smallest absolute Gasteiger partial charge is 0.220 e. The number of thiazole rings is 1. The molecule has 7 heteroatoms. The average molecular weight is 483 g/mol. The summed E-state index contributed by atoms with van der Waals surface area (Å²) in [6.07, 6.45) is 0. The Morgan fingerprint density at radius 3 is 2.61 bits per heavy atom. The number of halogens is 1. The van der Waals surface area contributed by atoms with Gasteiger partial charge in [-0.1, -0.05) is 24.3 Å². The number of fused-ring (bicyclic) bond motifs is 1. The van der Waals surface area contributed by atoms with Gasteiger partial charge in [0.2, 0.25) is 5.91 Å². The van der Waals surface area contributed by atoms with E-state index in [9.17, 15) is 4.79 Å². The second kappa shape index (κ2) is 9.57. The Kier molecular flexibility index (Phi) is 6.77. The molecule has 0 saturated carbocycles. The van der Waals surface area contributed by atoms with Gasteiger partial charge < -0.3 is 14.1 Å². The van der Waals surface area contributed by atoms with Gasteiger partial charge in [-0.05, 0) is 56.2 Å². The van der Waals surface area contributed by atoms with Crippen LogP contribution in [-0.2, 0) is 23.8 Å². The van der Waals surface area contributed by atoms with Gasteiger partial charge in [0.05, 0.1) is 12.2 Å². The normalized spacial score (nSPS) is 11.7. The molecule has 0 atom stereocenters. The van der Waals surface area contributed by atoms with E-state index in [-0.39, 0.29) is 11.4 Å². The average Bonchev–Trinajstić information content (AvgIpc) is 3.41. The molecule has 0 aliphatic carbocycles. The predicted molar refractivity (Wildman–Crippen MR) is 134 cm³/mol. The molecule has 2 aromatic carbocycles. The zero-order valence-corrected chi connectivity index (χ0v) is 20.8. The molecule has 2 heterocycles. The molecule has 0 aliphatic rings. The van der Waals surface area contributed by atoms with Crippen molar-refractivity contribution in [3.63, 3.8) is 0 Å². The fourth-order valence-corrected chi connectivity index (χ4v) is 4.70. The third-order valence-corrected chi connectivity index (χ3v) is 6.61. The molecule has 0 radical (unpaired) electrons. The number of hydrogen-bond acceptors (Lipinski definition) is 5. The first-order valence-corrected chi connectivity index (χ1v) is 12.2. The zero-order chi connectivity index (χ0) is 23.6. The summed E-state index contributed by atoms with van der Waals surface area (Å²) >= 11 is 7.54. The minimum atomic E-state index is -0.268. The van der Waals surface area contributed by atoms with Gasteiger partial charge >= 0.3 is 0 Å². The van der Waals surface area contributed by atoms with Crippen LogP contribution in [0.1, 0.15) is 44.5 Å². The monoisotopic (exact) mass is 482 g/mol. The van der Waals surface area contributed by atoms with Crippen LogP contribution in [0.25, 0.3) is 21.7 Å². The molecular formula is C26H27ClN2O3S. The van der Waals surface area contributed by atoms with Crippen LogP contribution in [0.4, 0.5) is 0 Å². The number of benzene rings is 2. The molecule has 0 saturated heterocycles. The van der Waals surface area contributed by atoms with E-state index in [4.69, 9.17) is 25.7 Å². The highest BCUT2D eigenvalue weighted by molar-refractivity contribution is 7.13. The van der Waals surface area contributed by atoms with Gasteiger partial charge in [0.25, 0.3) is 0 Å². The van der Waals surface area contributed by atoms with E-state index in [1.165, 1.54) is 11.3 Å². The van der Waals surface area contributed by atoms with Crippen molar-refractivity contribution in [2.75, 3.05) is 0 Å². The number of furan rings is 1. The number of hydrogen-bond donors (Lipinski definition) is 0. The van der Waals surface area contributed by atoms with Gasteiger partial charge in [-0.2, -0.15) is 0 Å². The van der Waals surface area contributed by atoms with E-state index in [0.717, 1.165) is 38.5 Å². The van der Waals surface area contributed by atoms with Crippen LogP contribution < -0.4 is 4.74 Å². The summed E-state index contributed by atoms with van der Waals surface area (Å²) in [7, 11) is 0. The summed E-state index contributed by atoms with van der Waals surface area (Å²) in [5.74, 6) is 1.96. The van der Waals surface area contributed by atoms with Crippen LogP contribution in [-0.4, -0.2) is 21.3 Å². The molecule has 172 valence electrons. The van der Waals surface area contributed by atoms with E-state index in [1.807, 2.05) is 79.6 Å². The van der Waals surface area contributed by atoms with Crippen LogP contribution in [0.2, 0.25) is 0 Å². The highest BCUT2D eigenvalue weighted by Gasteiger charge is 2.25. The Morgan fingerprint density at radius 2 is 1.91 bits per heavy atom. The number of ether oxygens (including phenoxy) is 1. The van der Waals surface area contributed by atoms with Gasteiger partial charge in [-0.3, -0.25) is 4.79 Å². The highest BCUT2D eigenvalue weighted by Crippen LogP contribution is 2.33. The maximum absolute atomic E-state index is 12.1. The molecule has 2 aromatic heterocycles. The lowest BCUT2D eigenvalue weighted by molar-refractivity contribution is -0.134. The first-order valence-electron chi connectivity index (χ1n) is 10.8. The quantitative estimate of drug-likeness (QED) is 0.265. The van der Waals surface area contributed by atoms with Crippen molar-refractivity contribution in [3.8, 4) is 16.5 Å². The van der Waals surface area contributed by atoms with Crippen LogP contribution in [0, 0.1) is 0 Å². The van der Waals surface area contributed by atoms with E-state index in [2.05, 4.69) is 0 Å². The molecule has 0 aliphatic heterocycles. The number of rotatable bonds is 7. The summed E-state index contributed by atoms with van der Waals surface area (Å²) < 4.78 is 12.0. The highest BCUT2D eigenvalue weighted by atomic mass is 35.5. The third-order valence-electron chi connectivity index (χ3n) is 5.42. The second-order valence-electron chi connectivity index (χ2n) is 8.92. The van der Waals surface area contributed by atoms with Crippen molar-refractivity contribution in [1.82, 2.24) is 9.88 Å². The SMILES string of the molecule is CC(=O)N(Cc1csc(-c2cc3cc(OCc4ccccc4CCl)ccc3o2)n1)C(C)(C)C. The van der Waals surface area contributed by atoms with Crippen molar-refractivity contribution in [2.24, 2.45) is 0 Å². The predicted octanol–water partition coefficient (Wildman–Crippen LogP) is 7.02. The number of alkyl halides is 1. The van der Waals surface area contributed by atoms with Crippen molar-refractivity contribution >= 4 is 39.8 Å². The van der Waals surface area contributed by atoms with E-state index >= 15 is 0 Å². The largest absolute Gasteiger partial charge is 0.489 e. The molecular weight excluding hydrogens is 456 g/mol. The number of amides is 1. The lowest BCUT2D eigenvalue weighted by atomic mass is 10.1. The molecule has 4 rings (SSSR count). The number of nitrogens with zero attached hydrogens (tertiary/aromatic N) is 2. The Bertz CT molecular complexity index is 1270. The van der Waals surface area contributed by atoms with Crippen LogP contribution in [0.3, 0.4) is 0 Å². The molecule has 4 aromatic rings. The minimum absolute atomic E-state index is 0.0296. The van der Waals surface area contributed by atoms with Crippen LogP contribution in [0.15, 0.2) is 58.3 Å². The van der Waals surface area contributed by atoms with Gasteiger partial charge in [0, 0.05) is 29.1 Å². The van der Waals surface area contributed by atoms with Crippen molar-refractivity contribution < 1.29 is 13.9 Å². The zero-order valence-electron chi connectivity index (χ0n) is 19.2. The fraction of sp³-hybridized carbons (Fsp3) is 0.308. The topological polar surface area (TPSA) is 55.6 Å². The number of aromatic nitrogens is 1. The van der Waals surface area contributed by atoms with Crippen LogP contribution in [0.5, 0.6) is 5.75 Å². The lowest BCUT2D eigenvalue weighted by Gasteiger charge is -2.34. The molecule has 0 unspecified atom stereocenters. The van der Waals surface area contributed by atoms with Gasteiger partial charge in [0.15, 0.2) is 10.8 Å². The molecule has 1 amide bonds. The first-order chi connectivity index (χ1) is 15.7. The van der Waals surface area contributed by atoms with Gasteiger partial charge in [-0.25, -0.2) is 4.98 Å². The Labute approximate surface area is 203 Å². The summed E-state index contributed by atoms with van der Waals surface area (Å²) in [5.41, 5.74) is 3.50. The van der Waals surface area contributed by atoms with Crippen LogP contribution >= 0.6 is 22.9 Å². The summed E-state index contributed by atoms with van der Waals surface area (Å²) in [4.78, 5) is 18.6. The van der Waals surface area contributed by atoms with Crippen molar-refractivity contribution in [2.45, 2.75) is 52.3 Å². The number of carbonyl (C=O) groups is 1.